The van der Waals surface area contributed by atoms with Crippen molar-refractivity contribution in [2.24, 2.45) is 0 Å². The molecular formula is C12H10F3N3O2. The van der Waals surface area contributed by atoms with Gasteiger partial charge >= 0.3 is 6.36 Å². The van der Waals surface area contributed by atoms with Crippen molar-refractivity contribution in [1.82, 2.24) is 9.97 Å². The third kappa shape index (κ3) is 3.74. The molecule has 0 atom stereocenters. The van der Waals surface area contributed by atoms with E-state index in [1.165, 1.54) is 24.3 Å². The highest BCUT2D eigenvalue weighted by Gasteiger charge is 2.32. The number of aryl methyl sites for hydroxylation is 1. The van der Waals surface area contributed by atoms with Gasteiger partial charge in [-0.2, -0.15) is 4.98 Å². The Morgan fingerprint density at radius 1 is 1.10 bits per heavy atom. The Bertz CT molecular complexity index is 597. The summed E-state index contributed by atoms with van der Waals surface area (Å²) in [4.78, 5) is 7.75. The SMILES string of the molecule is Cc1nc(N)cc(Oc2ccccc2OC(F)(F)F)n1. The molecule has 0 unspecified atom stereocenters. The van der Waals surface area contributed by atoms with E-state index in [1.807, 2.05) is 0 Å². The monoisotopic (exact) mass is 285 g/mol. The average molecular weight is 285 g/mol. The molecule has 0 aliphatic rings. The minimum Gasteiger partial charge on any atom is -0.435 e. The van der Waals surface area contributed by atoms with Gasteiger partial charge in [0.25, 0.3) is 0 Å². The van der Waals surface area contributed by atoms with E-state index in [2.05, 4.69) is 14.7 Å². The van der Waals surface area contributed by atoms with Crippen molar-refractivity contribution in [2.75, 3.05) is 5.73 Å². The van der Waals surface area contributed by atoms with E-state index in [0.29, 0.717) is 5.82 Å². The molecule has 0 saturated carbocycles. The zero-order chi connectivity index (χ0) is 14.8. The van der Waals surface area contributed by atoms with E-state index in [1.54, 1.807) is 6.92 Å². The maximum absolute atomic E-state index is 12.3. The normalized spacial score (nSPS) is 11.2. The summed E-state index contributed by atoms with van der Waals surface area (Å²) in [6.45, 7) is 1.58. The maximum Gasteiger partial charge on any atom is 0.573 e. The molecule has 20 heavy (non-hydrogen) atoms. The molecule has 2 aromatic rings. The Labute approximate surface area is 112 Å². The molecule has 0 fully saturated rings. The summed E-state index contributed by atoms with van der Waals surface area (Å²) < 4.78 is 45.9. The van der Waals surface area contributed by atoms with Crippen LogP contribution >= 0.6 is 0 Å². The molecule has 5 nitrogen and oxygen atoms in total. The third-order valence-electron chi connectivity index (χ3n) is 2.12. The van der Waals surface area contributed by atoms with Crippen LogP contribution in [0.5, 0.6) is 17.4 Å². The Balaban J connectivity index is 2.29. The highest BCUT2D eigenvalue weighted by molar-refractivity contribution is 5.43. The molecule has 1 aromatic heterocycles. The quantitative estimate of drug-likeness (QED) is 0.938. The zero-order valence-corrected chi connectivity index (χ0v) is 10.3. The van der Waals surface area contributed by atoms with Gasteiger partial charge in [-0.1, -0.05) is 12.1 Å². The van der Waals surface area contributed by atoms with Crippen molar-refractivity contribution in [3.63, 3.8) is 0 Å². The number of aromatic nitrogens is 2. The van der Waals surface area contributed by atoms with Gasteiger partial charge in [-0.05, 0) is 19.1 Å². The number of nitrogen functional groups attached to an aromatic ring is 1. The smallest absolute Gasteiger partial charge is 0.435 e. The van der Waals surface area contributed by atoms with Crippen LogP contribution in [0.2, 0.25) is 0 Å². The molecule has 0 spiro atoms. The number of nitrogens with zero attached hydrogens (tertiary/aromatic N) is 2. The topological polar surface area (TPSA) is 70.3 Å². The van der Waals surface area contributed by atoms with Gasteiger partial charge in [0.1, 0.15) is 11.6 Å². The second kappa shape index (κ2) is 5.24. The van der Waals surface area contributed by atoms with E-state index in [4.69, 9.17) is 10.5 Å². The summed E-state index contributed by atoms with van der Waals surface area (Å²) in [5.74, 6) is -0.0543. The summed E-state index contributed by atoms with van der Waals surface area (Å²) in [5, 5.41) is 0. The van der Waals surface area contributed by atoms with Crippen molar-refractivity contribution in [3.8, 4) is 17.4 Å². The molecule has 8 heteroatoms. The number of ether oxygens (including phenoxy) is 2. The number of alkyl halides is 3. The van der Waals surface area contributed by atoms with Crippen LogP contribution in [0.3, 0.4) is 0 Å². The molecule has 0 saturated heterocycles. The molecule has 2 N–H and O–H groups in total. The lowest BCUT2D eigenvalue weighted by Gasteiger charge is -2.13. The van der Waals surface area contributed by atoms with Gasteiger partial charge < -0.3 is 15.2 Å². The average Bonchev–Trinajstić information content (AvgIpc) is 2.28. The second-order valence-electron chi connectivity index (χ2n) is 3.77. The molecule has 0 radical (unpaired) electrons. The Morgan fingerprint density at radius 3 is 2.35 bits per heavy atom. The number of hydrogen-bond acceptors (Lipinski definition) is 5. The lowest BCUT2D eigenvalue weighted by Crippen LogP contribution is -2.17. The number of nitrogens with two attached hydrogens (primary N) is 1. The molecule has 1 heterocycles. The fourth-order valence-electron chi connectivity index (χ4n) is 1.47. The largest absolute Gasteiger partial charge is 0.573 e. The lowest BCUT2D eigenvalue weighted by atomic mass is 10.3. The standard InChI is InChI=1S/C12H10F3N3O2/c1-7-17-10(16)6-11(18-7)19-8-4-2-3-5-9(8)20-12(13,14)15/h2-6H,1H3,(H2,16,17,18). The first-order chi connectivity index (χ1) is 9.33. The Morgan fingerprint density at radius 2 is 1.75 bits per heavy atom. The van der Waals surface area contributed by atoms with Crippen LogP contribution in [0.25, 0.3) is 0 Å². The van der Waals surface area contributed by atoms with Gasteiger partial charge in [0.15, 0.2) is 11.5 Å². The van der Waals surface area contributed by atoms with Crippen molar-refractivity contribution in [2.45, 2.75) is 13.3 Å². The predicted molar refractivity (Wildman–Crippen MR) is 64.4 cm³/mol. The summed E-state index contributed by atoms with van der Waals surface area (Å²) in [6.07, 6.45) is -4.81. The number of anilines is 1. The molecule has 0 amide bonds. The van der Waals surface area contributed by atoms with Crippen LogP contribution in [0, 0.1) is 6.92 Å². The van der Waals surface area contributed by atoms with Gasteiger partial charge in [-0.3, -0.25) is 0 Å². The first kappa shape index (κ1) is 13.9. The van der Waals surface area contributed by atoms with Crippen LogP contribution < -0.4 is 15.2 Å². The van der Waals surface area contributed by atoms with Crippen LogP contribution in [-0.4, -0.2) is 16.3 Å². The second-order valence-corrected chi connectivity index (χ2v) is 3.77. The molecule has 0 bridgehead atoms. The number of halogens is 3. The maximum atomic E-state index is 12.3. The first-order valence-corrected chi connectivity index (χ1v) is 5.47. The van der Waals surface area contributed by atoms with E-state index in [-0.39, 0.29) is 17.4 Å². The van der Waals surface area contributed by atoms with Gasteiger partial charge in [0.05, 0.1) is 0 Å². The number of para-hydroxylation sites is 2. The minimum atomic E-state index is -4.81. The van der Waals surface area contributed by atoms with Gasteiger partial charge in [0.2, 0.25) is 5.88 Å². The Hall–Kier alpha value is -2.51. The highest BCUT2D eigenvalue weighted by atomic mass is 19.4. The molecule has 0 aliphatic heterocycles. The molecule has 106 valence electrons. The van der Waals surface area contributed by atoms with E-state index >= 15 is 0 Å². The minimum absolute atomic E-state index is 0.0354. The van der Waals surface area contributed by atoms with Crippen LogP contribution in [0.4, 0.5) is 19.0 Å². The van der Waals surface area contributed by atoms with E-state index in [0.717, 1.165) is 6.07 Å². The van der Waals surface area contributed by atoms with Crippen molar-refractivity contribution in [3.05, 3.63) is 36.2 Å². The van der Waals surface area contributed by atoms with Crippen LogP contribution in [0.15, 0.2) is 30.3 Å². The van der Waals surface area contributed by atoms with Gasteiger partial charge in [0, 0.05) is 6.07 Å². The lowest BCUT2D eigenvalue weighted by molar-refractivity contribution is -0.275. The van der Waals surface area contributed by atoms with Crippen LogP contribution in [-0.2, 0) is 0 Å². The molecule has 1 aromatic carbocycles. The highest BCUT2D eigenvalue weighted by Crippen LogP contribution is 2.34. The third-order valence-corrected chi connectivity index (χ3v) is 2.12. The first-order valence-electron chi connectivity index (χ1n) is 5.47. The molecule has 2 rings (SSSR count). The number of benzene rings is 1. The number of hydrogen-bond donors (Lipinski definition) is 1. The summed E-state index contributed by atoms with van der Waals surface area (Å²) >= 11 is 0. The van der Waals surface area contributed by atoms with Gasteiger partial charge in [-0.15, -0.1) is 13.2 Å². The summed E-state index contributed by atoms with van der Waals surface area (Å²) in [5.41, 5.74) is 5.51. The molecular weight excluding hydrogens is 275 g/mol. The zero-order valence-electron chi connectivity index (χ0n) is 10.3. The summed E-state index contributed by atoms with van der Waals surface area (Å²) in [6, 6.07) is 6.68. The predicted octanol–water partition coefficient (Wildman–Crippen LogP) is 3.06. The van der Waals surface area contributed by atoms with Crippen molar-refractivity contribution < 1.29 is 22.6 Å². The Kier molecular flexibility index (Phi) is 3.64. The van der Waals surface area contributed by atoms with E-state index in [9.17, 15) is 13.2 Å². The number of rotatable bonds is 3. The van der Waals surface area contributed by atoms with Crippen LogP contribution in [0.1, 0.15) is 5.82 Å². The summed E-state index contributed by atoms with van der Waals surface area (Å²) in [7, 11) is 0. The fraction of sp³-hybridized carbons (Fsp3) is 0.167. The molecule has 0 aliphatic carbocycles. The van der Waals surface area contributed by atoms with E-state index < -0.39 is 12.1 Å². The van der Waals surface area contributed by atoms with Crippen molar-refractivity contribution in [1.29, 1.82) is 0 Å². The van der Waals surface area contributed by atoms with Crippen molar-refractivity contribution >= 4 is 5.82 Å². The fourth-order valence-corrected chi connectivity index (χ4v) is 1.47. The van der Waals surface area contributed by atoms with Gasteiger partial charge in [-0.25, -0.2) is 4.98 Å².